The van der Waals surface area contributed by atoms with Crippen LogP contribution in [0, 0.1) is 6.92 Å². The maximum Gasteiger partial charge on any atom is 0.274 e. The van der Waals surface area contributed by atoms with Crippen molar-refractivity contribution in [3.05, 3.63) is 66.1 Å². The van der Waals surface area contributed by atoms with Crippen LogP contribution in [0.15, 0.2) is 53.2 Å². The minimum absolute atomic E-state index is 0.0215. The maximum absolute atomic E-state index is 13.3. The number of fused-ring (bicyclic) bond motifs is 1. The van der Waals surface area contributed by atoms with Gasteiger partial charge in [-0.3, -0.25) is 4.79 Å². The molecule has 0 unspecified atom stereocenters. The van der Waals surface area contributed by atoms with Gasteiger partial charge in [0.05, 0.1) is 12.4 Å². The highest BCUT2D eigenvalue weighted by molar-refractivity contribution is 5.95. The van der Waals surface area contributed by atoms with Gasteiger partial charge in [0.15, 0.2) is 17.2 Å². The smallest absolute Gasteiger partial charge is 0.274 e. The third-order valence-corrected chi connectivity index (χ3v) is 5.22. The number of hydrogen-bond acceptors (Lipinski definition) is 6. The molecule has 0 fully saturated rings. The number of carbonyl (C=O) groups excluding carboxylic acids is 1. The lowest BCUT2D eigenvalue weighted by Crippen LogP contribution is -2.38. The van der Waals surface area contributed by atoms with Crippen molar-refractivity contribution in [3.63, 3.8) is 0 Å². The van der Waals surface area contributed by atoms with Crippen molar-refractivity contribution < 1.29 is 9.21 Å². The Morgan fingerprint density at radius 2 is 1.90 bits per heavy atom. The molecule has 3 aromatic heterocycles. The minimum atomic E-state index is -0.157. The molecule has 0 N–H and O–H groups in total. The van der Waals surface area contributed by atoms with E-state index in [-0.39, 0.29) is 11.9 Å². The number of nitrogens with zero attached hydrogens (tertiary/aromatic N) is 6. The molecule has 1 aromatic carbocycles. The van der Waals surface area contributed by atoms with E-state index in [0.29, 0.717) is 23.7 Å². The first-order valence-corrected chi connectivity index (χ1v) is 10.0. The largest absolute Gasteiger partial charge is 0.441 e. The molecule has 4 rings (SSSR count). The summed E-state index contributed by atoms with van der Waals surface area (Å²) in [6.07, 6.45) is 5.36. The van der Waals surface area contributed by atoms with Crippen LogP contribution in [0.1, 0.15) is 41.8 Å². The molecular formula is C22H24N6O2. The van der Waals surface area contributed by atoms with E-state index in [4.69, 9.17) is 4.42 Å². The zero-order valence-electron chi connectivity index (χ0n) is 17.3. The average Bonchev–Trinajstić information content (AvgIpc) is 3.43. The summed E-state index contributed by atoms with van der Waals surface area (Å²) in [6, 6.07) is 11.4. The van der Waals surface area contributed by atoms with Gasteiger partial charge in [-0.05, 0) is 44.0 Å². The van der Waals surface area contributed by atoms with Gasteiger partial charge in [-0.1, -0.05) is 19.1 Å². The average molecular weight is 404 g/mol. The number of oxazole rings is 1. The van der Waals surface area contributed by atoms with Crippen LogP contribution in [0.3, 0.4) is 0 Å². The maximum atomic E-state index is 13.3. The van der Waals surface area contributed by atoms with Crippen molar-refractivity contribution >= 4 is 17.0 Å². The van der Waals surface area contributed by atoms with E-state index in [2.05, 4.69) is 27.1 Å². The third-order valence-electron chi connectivity index (χ3n) is 5.22. The third kappa shape index (κ3) is 3.94. The molecule has 0 spiro atoms. The molecule has 0 saturated heterocycles. The number of hydrogen-bond donors (Lipinski definition) is 0. The Kier molecular flexibility index (Phi) is 5.56. The van der Waals surface area contributed by atoms with Crippen molar-refractivity contribution in [2.24, 2.45) is 0 Å². The Morgan fingerprint density at radius 1 is 1.13 bits per heavy atom. The van der Waals surface area contributed by atoms with Crippen LogP contribution >= 0.6 is 0 Å². The number of aryl methyl sites for hydroxylation is 2. The van der Waals surface area contributed by atoms with Gasteiger partial charge in [-0.15, -0.1) is 4.80 Å². The highest BCUT2D eigenvalue weighted by Crippen LogP contribution is 2.20. The highest BCUT2D eigenvalue weighted by atomic mass is 16.3. The molecule has 8 heteroatoms. The summed E-state index contributed by atoms with van der Waals surface area (Å²) in [5.74, 6) is 0.529. The molecule has 4 aromatic rings. The van der Waals surface area contributed by atoms with Crippen LogP contribution in [-0.4, -0.2) is 48.9 Å². The number of rotatable bonds is 7. The first-order valence-electron chi connectivity index (χ1n) is 10.0. The molecule has 1 atom stereocenters. The van der Waals surface area contributed by atoms with Gasteiger partial charge in [0.1, 0.15) is 11.2 Å². The Balaban J connectivity index is 1.52. The normalized spacial score (nSPS) is 12.2. The number of amides is 1. The monoisotopic (exact) mass is 404 g/mol. The van der Waals surface area contributed by atoms with E-state index in [0.717, 1.165) is 29.6 Å². The fourth-order valence-corrected chi connectivity index (χ4v) is 3.53. The number of pyridine rings is 1. The quantitative estimate of drug-likeness (QED) is 0.468. The Hall–Kier alpha value is -3.55. The van der Waals surface area contributed by atoms with E-state index >= 15 is 0 Å². The van der Waals surface area contributed by atoms with Crippen molar-refractivity contribution in [2.45, 2.75) is 39.2 Å². The first-order chi connectivity index (χ1) is 14.6. The standard InChI is InChI=1S/C22H24N6O2/c1-4-16(10-12-20-26-17-7-5-6-8-19(17)30-20)27(3)22(29)21-18(11-9-15(2)25-21)28-23-13-14-24-28/h5-9,11,13-14,16H,4,10,12H2,1-3H3/t16-/m0/s1. The predicted molar refractivity (Wildman–Crippen MR) is 112 cm³/mol. The summed E-state index contributed by atoms with van der Waals surface area (Å²) in [5, 5.41) is 8.31. The predicted octanol–water partition coefficient (Wildman–Crippen LogP) is 3.60. The van der Waals surface area contributed by atoms with Gasteiger partial charge in [-0.25, -0.2) is 9.97 Å². The van der Waals surface area contributed by atoms with Gasteiger partial charge in [0.25, 0.3) is 5.91 Å². The fourth-order valence-electron chi connectivity index (χ4n) is 3.53. The van der Waals surface area contributed by atoms with Crippen molar-refractivity contribution in [1.82, 2.24) is 29.9 Å². The van der Waals surface area contributed by atoms with Crippen molar-refractivity contribution in [1.29, 1.82) is 0 Å². The van der Waals surface area contributed by atoms with Crippen LogP contribution < -0.4 is 0 Å². The first kappa shape index (κ1) is 19.8. The van der Waals surface area contributed by atoms with E-state index in [9.17, 15) is 4.79 Å². The second kappa shape index (κ2) is 8.44. The Bertz CT molecular complexity index is 1120. The second-order valence-corrected chi connectivity index (χ2v) is 7.23. The number of carbonyl (C=O) groups is 1. The van der Waals surface area contributed by atoms with Crippen molar-refractivity contribution in [2.75, 3.05) is 7.05 Å². The van der Waals surface area contributed by atoms with Crippen LogP contribution in [-0.2, 0) is 6.42 Å². The fraction of sp³-hybridized carbons (Fsp3) is 0.318. The topological polar surface area (TPSA) is 89.9 Å². The molecular weight excluding hydrogens is 380 g/mol. The Labute approximate surface area is 174 Å². The van der Waals surface area contributed by atoms with Crippen LogP contribution in [0.25, 0.3) is 16.8 Å². The second-order valence-electron chi connectivity index (χ2n) is 7.23. The van der Waals surface area contributed by atoms with Gasteiger partial charge >= 0.3 is 0 Å². The van der Waals surface area contributed by atoms with E-state index < -0.39 is 0 Å². The lowest BCUT2D eigenvalue weighted by Gasteiger charge is -2.27. The molecule has 3 heterocycles. The summed E-state index contributed by atoms with van der Waals surface area (Å²) in [4.78, 5) is 25.5. The summed E-state index contributed by atoms with van der Waals surface area (Å²) < 4.78 is 5.82. The van der Waals surface area contributed by atoms with E-state index in [1.165, 1.54) is 4.80 Å². The van der Waals surface area contributed by atoms with Crippen LogP contribution in [0.4, 0.5) is 0 Å². The zero-order valence-corrected chi connectivity index (χ0v) is 17.3. The SMILES string of the molecule is CC[C@@H](CCc1nc2ccccc2o1)N(C)C(=O)c1nc(C)ccc1-n1nccn1. The van der Waals surface area contributed by atoms with E-state index in [1.807, 2.05) is 50.4 Å². The van der Waals surface area contributed by atoms with Gasteiger partial charge in [-0.2, -0.15) is 10.2 Å². The van der Waals surface area contributed by atoms with Gasteiger partial charge in [0, 0.05) is 25.2 Å². The molecule has 0 bridgehead atoms. The minimum Gasteiger partial charge on any atom is -0.441 e. The van der Waals surface area contributed by atoms with E-state index in [1.54, 1.807) is 17.3 Å². The number of aromatic nitrogens is 5. The van der Waals surface area contributed by atoms with Crippen molar-refractivity contribution in [3.8, 4) is 5.69 Å². The zero-order chi connectivity index (χ0) is 21.1. The highest BCUT2D eigenvalue weighted by Gasteiger charge is 2.25. The Morgan fingerprint density at radius 3 is 2.63 bits per heavy atom. The summed E-state index contributed by atoms with van der Waals surface area (Å²) in [5.41, 5.74) is 3.31. The molecule has 0 aliphatic heterocycles. The molecule has 30 heavy (non-hydrogen) atoms. The molecule has 0 radical (unpaired) electrons. The molecule has 8 nitrogen and oxygen atoms in total. The summed E-state index contributed by atoms with van der Waals surface area (Å²) in [7, 11) is 1.81. The molecule has 1 amide bonds. The van der Waals surface area contributed by atoms with Gasteiger partial charge in [0.2, 0.25) is 0 Å². The molecule has 0 saturated carbocycles. The number of benzene rings is 1. The summed E-state index contributed by atoms with van der Waals surface area (Å²) >= 11 is 0. The molecule has 0 aliphatic rings. The van der Waals surface area contributed by atoms with Gasteiger partial charge < -0.3 is 9.32 Å². The lowest BCUT2D eigenvalue weighted by atomic mass is 10.1. The molecule has 154 valence electrons. The lowest BCUT2D eigenvalue weighted by molar-refractivity contribution is 0.0712. The van der Waals surface area contributed by atoms with Crippen LogP contribution in [0.2, 0.25) is 0 Å². The summed E-state index contributed by atoms with van der Waals surface area (Å²) in [6.45, 7) is 3.93. The molecule has 0 aliphatic carbocycles. The van der Waals surface area contributed by atoms with Crippen LogP contribution in [0.5, 0.6) is 0 Å². The number of para-hydroxylation sites is 2.